The molecule has 0 N–H and O–H groups in total. The third-order valence-electron chi connectivity index (χ3n) is 2.58. The fourth-order valence-corrected chi connectivity index (χ4v) is 1.84. The van der Waals surface area contributed by atoms with E-state index in [9.17, 15) is 4.39 Å². The van der Waals surface area contributed by atoms with Crippen LogP contribution in [-0.4, -0.2) is 0 Å². The number of hydrogen-bond acceptors (Lipinski definition) is 0. The van der Waals surface area contributed by atoms with Crippen LogP contribution in [0.3, 0.4) is 0 Å². The maximum atomic E-state index is 13.0. The SMILES string of the molecule is Fc1[c]c2cc3ccccc3cc2cc1. The van der Waals surface area contributed by atoms with Gasteiger partial charge in [0.1, 0.15) is 5.82 Å². The van der Waals surface area contributed by atoms with Crippen LogP contribution >= 0.6 is 0 Å². The summed E-state index contributed by atoms with van der Waals surface area (Å²) >= 11 is 0. The first-order valence-electron chi connectivity index (χ1n) is 4.83. The van der Waals surface area contributed by atoms with Gasteiger partial charge in [-0.2, -0.15) is 0 Å². The van der Waals surface area contributed by atoms with Gasteiger partial charge in [-0.15, -0.1) is 0 Å². The van der Waals surface area contributed by atoms with Gasteiger partial charge in [-0.1, -0.05) is 30.3 Å². The highest BCUT2D eigenvalue weighted by atomic mass is 19.1. The van der Waals surface area contributed by atoms with Gasteiger partial charge in [0.2, 0.25) is 0 Å². The van der Waals surface area contributed by atoms with E-state index in [1.54, 1.807) is 6.07 Å². The third kappa shape index (κ3) is 1.37. The first kappa shape index (κ1) is 8.42. The van der Waals surface area contributed by atoms with Gasteiger partial charge in [-0.05, 0) is 39.7 Å². The van der Waals surface area contributed by atoms with Crippen LogP contribution in [0, 0.1) is 11.9 Å². The molecule has 0 fully saturated rings. The smallest absolute Gasteiger partial charge is 0.131 e. The van der Waals surface area contributed by atoms with Gasteiger partial charge >= 0.3 is 0 Å². The predicted octanol–water partition coefficient (Wildman–Crippen LogP) is 3.93. The summed E-state index contributed by atoms with van der Waals surface area (Å²) in [6.07, 6.45) is 0. The van der Waals surface area contributed by atoms with Gasteiger partial charge < -0.3 is 0 Å². The lowest BCUT2D eigenvalue weighted by atomic mass is 10.0. The highest BCUT2D eigenvalue weighted by molar-refractivity contribution is 5.97. The van der Waals surface area contributed by atoms with Crippen LogP contribution < -0.4 is 0 Å². The van der Waals surface area contributed by atoms with Crippen molar-refractivity contribution in [3.8, 4) is 0 Å². The zero-order chi connectivity index (χ0) is 10.3. The van der Waals surface area contributed by atoms with Crippen molar-refractivity contribution in [1.29, 1.82) is 0 Å². The topological polar surface area (TPSA) is 0 Å². The molecule has 3 aromatic carbocycles. The van der Waals surface area contributed by atoms with E-state index in [0.29, 0.717) is 0 Å². The molecule has 0 aliphatic heterocycles. The van der Waals surface area contributed by atoms with E-state index < -0.39 is 0 Å². The monoisotopic (exact) mass is 195 g/mol. The number of fused-ring (bicyclic) bond motifs is 2. The van der Waals surface area contributed by atoms with E-state index in [-0.39, 0.29) is 5.82 Å². The van der Waals surface area contributed by atoms with Gasteiger partial charge in [0.15, 0.2) is 0 Å². The zero-order valence-corrected chi connectivity index (χ0v) is 8.00. The van der Waals surface area contributed by atoms with E-state index in [4.69, 9.17) is 0 Å². The lowest BCUT2D eigenvalue weighted by molar-refractivity contribution is 0.627. The van der Waals surface area contributed by atoms with Crippen LogP contribution in [0.1, 0.15) is 0 Å². The molecule has 15 heavy (non-hydrogen) atoms. The van der Waals surface area contributed by atoms with Crippen LogP contribution in [0.15, 0.2) is 48.5 Å². The maximum absolute atomic E-state index is 13.0. The van der Waals surface area contributed by atoms with Gasteiger partial charge in [0.05, 0.1) is 0 Å². The van der Waals surface area contributed by atoms with Crippen LogP contribution in [0.4, 0.5) is 4.39 Å². The Kier molecular flexibility index (Phi) is 1.72. The van der Waals surface area contributed by atoms with Crippen LogP contribution in [-0.2, 0) is 0 Å². The van der Waals surface area contributed by atoms with Gasteiger partial charge in [-0.3, -0.25) is 0 Å². The summed E-state index contributed by atoms with van der Waals surface area (Å²) < 4.78 is 13.0. The normalized spacial score (nSPS) is 11.0. The van der Waals surface area contributed by atoms with Crippen molar-refractivity contribution >= 4 is 21.5 Å². The van der Waals surface area contributed by atoms with Crippen LogP contribution in [0.25, 0.3) is 21.5 Å². The van der Waals surface area contributed by atoms with Gasteiger partial charge in [0, 0.05) is 6.07 Å². The van der Waals surface area contributed by atoms with Crippen molar-refractivity contribution in [2.75, 3.05) is 0 Å². The number of rotatable bonds is 0. The first-order valence-corrected chi connectivity index (χ1v) is 4.83. The molecule has 0 unspecified atom stereocenters. The summed E-state index contributed by atoms with van der Waals surface area (Å²) in [7, 11) is 0. The molecule has 0 aliphatic rings. The van der Waals surface area contributed by atoms with E-state index in [1.165, 1.54) is 11.5 Å². The molecular weight excluding hydrogens is 187 g/mol. The molecule has 0 spiro atoms. The van der Waals surface area contributed by atoms with Crippen molar-refractivity contribution in [2.45, 2.75) is 0 Å². The van der Waals surface area contributed by atoms with Crippen LogP contribution in [0.2, 0.25) is 0 Å². The fourth-order valence-electron chi connectivity index (χ4n) is 1.84. The molecular formula is C14H8F. The Labute approximate surface area is 87.0 Å². The second-order valence-corrected chi connectivity index (χ2v) is 3.59. The molecule has 0 saturated heterocycles. The largest absolute Gasteiger partial charge is 0.206 e. The number of benzene rings is 3. The molecule has 0 amide bonds. The first-order chi connectivity index (χ1) is 7.33. The van der Waals surface area contributed by atoms with Crippen LogP contribution in [0.5, 0.6) is 0 Å². The van der Waals surface area contributed by atoms with E-state index in [0.717, 1.165) is 16.2 Å². The molecule has 0 saturated carbocycles. The molecule has 0 nitrogen and oxygen atoms in total. The van der Waals surface area contributed by atoms with Crippen molar-refractivity contribution in [1.82, 2.24) is 0 Å². The van der Waals surface area contributed by atoms with Gasteiger partial charge in [0.25, 0.3) is 0 Å². The average Bonchev–Trinajstić information content (AvgIpc) is 2.26. The summed E-state index contributed by atoms with van der Waals surface area (Å²) in [6.45, 7) is 0. The summed E-state index contributed by atoms with van der Waals surface area (Å²) in [5, 5.41) is 4.14. The van der Waals surface area contributed by atoms with Crippen molar-refractivity contribution < 1.29 is 4.39 Å². The average molecular weight is 195 g/mol. The van der Waals surface area contributed by atoms with E-state index >= 15 is 0 Å². The Bertz CT molecular complexity index is 641. The molecule has 3 aromatic rings. The van der Waals surface area contributed by atoms with Crippen molar-refractivity contribution in [3.63, 3.8) is 0 Å². The van der Waals surface area contributed by atoms with E-state index in [1.807, 2.05) is 24.3 Å². The molecule has 0 aromatic heterocycles. The highest BCUT2D eigenvalue weighted by Crippen LogP contribution is 2.22. The molecule has 0 atom stereocenters. The summed E-state index contributed by atoms with van der Waals surface area (Å²) in [5.41, 5.74) is 0. The standard InChI is InChI=1S/C14H8F/c15-14-6-5-12-7-10-3-1-2-4-11(10)8-13(12)9-14/h1-8H. The fraction of sp³-hybridized carbons (Fsp3) is 0. The highest BCUT2D eigenvalue weighted by Gasteiger charge is 1.98. The van der Waals surface area contributed by atoms with E-state index in [2.05, 4.69) is 18.2 Å². The lowest BCUT2D eigenvalue weighted by Gasteiger charge is -2.01. The molecule has 1 heteroatoms. The molecule has 0 bridgehead atoms. The quantitative estimate of drug-likeness (QED) is 0.477. The molecule has 1 radical (unpaired) electrons. The minimum Gasteiger partial charge on any atom is -0.206 e. The Morgan fingerprint density at radius 2 is 1.53 bits per heavy atom. The third-order valence-corrected chi connectivity index (χ3v) is 2.58. The lowest BCUT2D eigenvalue weighted by Crippen LogP contribution is -1.78. The molecule has 0 aliphatic carbocycles. The zero-order valence-electron chi connectivity index (χ0n) is 8.00. The summed E-state index contributed by atoms with van der Waals surface area (Å²) in [6, 6.07) is 18.0. The second-order valence-electron chi connectivity index (χ2n) is 3.59. The summed E-state index contributed by atoms with van der Waals surface area (Å²) in [4.78, 5) is 0. The second kappa shape index (κ2) is 3.06. The Morgan fingerprint density at radius 3 is 2.33 bits per heavy atom. The number of halogens is 1. The number of hydrogen-bond donors (Lipinski definition) is 0. The maximum Gasteiger partial charge on any atom is 0.131 e. The minimum atomic E-state index is -0.308. The van der Waals surface area contributed by atoms with Crippen molar-refractivity contribution in [2.24, 2.45) is 0 Å². The predicted molar refractivity (Wildman–Crippen MR) is 60.2 cm³/mol. The minimum absolute atomic E-state index is 0.308. The molecule has 0 heterocycles. The molecule has 71 valence electrons. The Balaban J connectivity index is 2.47. The Hall–Kier alpha value is -1.89. The summed E-state index contributed by atoms with van der Waals surface area (Å²) in [5.74, 6) is -0.308. The van der Waals surface area contributed by atoms with Crippen molar-refractivity contribution in [3.05, 3.63) is 60.4 Å². The van der Waals surface area contributed by atoms with Gasteiger partial charge in [-0.25, -0.2) is 4.39 Å². The Morgan fingerprint density at radius 1 is 0.800 bits per heavy atom. The molecule has 3 rings (SSSR count).